The number of hydrogen-bond acceptors (Lipinski definition) is 6. The maximum atomic E-state index is 13.3. The summed E-state index contributed by atoms with van der Waals surface area (Å²) in [5, 5.41) is 3.13. The molecular formula is C20H20N2O5. The third kappa shape index (κ3) is 2.42. The van der Waals surface area contributed by atoms with Gasteiger partial charge in [-0.15, -0.1) is 0 Å². The summed E-state index contributed by atoms with van der Waals surface area (Å²) in [6.07, 6.45) is 1.50. The number of rotatable bonds is 3. The highest BCUT2D eigenvalue weighted by atomic mass is 16.5. The normalized spacial score (nSPS) is 29.9. The molecule has 0 bridgehead atoms. The number of furan rings is 1. The molecule has 4 rings (SSSR count). The van der Waals surface area contributed by atoms with E-state index < -0.39 is 35.3 Å². The highest BCUT2D eigenvalue weighted by Gasteiger charge is 2.67. The summed E-state index contributed by atoms with van der Waals surface area (Å²) in [6.45, 7) is 3.53. The first-order valence-electron chi connectivity index (χ1n) is 8.72. The predicted octanol–water partition coefficient (Wildman–Crippen LogP) is 1.97. The molecule has 2 aliphatic heterocycles. The fourth-order valence-corrected chi connectivity index (χ4v) is 4.20. The van der Waals surface area contributed by atoms with E-state index in [2.05, 4.69) is 5.32 Å². The van der Waals surface area contributed by atoms with E-state index in [1.807, 2.05) is 19.1 Å². The van der Waals surface area contributed by atoms with Crippen molar-refractivity contribution in [2.75, 3.05) is 12.0 Å². The van der Waals surface area contributed by atoms with Gasteiger partial charge in [0.15, 0.2) is 0 Å². The molecule has 7 nitrogen and oxygen atoms in total. The molecule has 7 heteroatoms. The van der Waals surface area contributed by atoms with Gasteiger partial charge in [0.2, 0.25) is 11.8 Å². The number of nitrogens with zero attached hydrogens (tertiary/aromatic N) is 1. The van der Waals surface area contributed by atoms with Crippen LogP contribution in [-0.4, -0.2) is 30.4 Å². The Hall–Kier alpha value is -2.93. The number of fused-ring (bicyclic) bond motifs is 1. The number of methoxy groups -OCH3 is 1. The Balaban J connectivity index is 1.81. The molecule has 0 radical (unpaired) electrons. The van der Waals surface area contributed by atoms with Crippen LogP contribution in [0.5, 0.6) is 0 Å². The smallest absolute Gasteiger partial charge is 0.326 e. The number of imide groups is 1. The number of ether oxygens (including phenoxy) is 1. The summed E-state index contributed by atoms with van der Waals surface area (Å²) in [4.78, 5) is 40.2. The van der Waals surface area contributed by atoms with Crippen LogP contribution >= 0.6 is 0 Å². The highest BCUT2D eigenvalue weighted by Crippen LogP contribution is 2.49. The first-order chi connectivity index (χ1) is 12.9. The number of carbonyl (C=O) groups is 3. The maximum Gasteiger partial charge on any atom is 0.326 e. The summed E-state index contributed by atoms with van der Waals surface area (Å²) in [5.41, 5.74) is 0.186. The third-order valence-electron chi connectivity index (χ3n) is 5.54. The van der Waals surface area contributed by atoms with Gasteiger partial charge in [-0.25, -0.2) is 4.90 Å². The molecule has 2 aliphatic rings. The number of nitrogens with one attached hydrogen (secondary N) is 1. The lowest BCUT2D eigenvalue weighted by Gasteiger charge is -2.28. The van der Waals surface area contributed by atoms with Crippen LogP contribution in [0.3, 0.4) is 0 Å². The summed E-state index contributed by atoms with van der Waals surface area (Å²) in [7, 11) is 1.27. The SMILES string of the molecule is COC(=O)[C@]1(C)N[C@H](c2ccco2)[C@@H]2C(=O)N(c3ccc(C)cc3)C(=O)[C@H]21. The summed E-state index contributed by atoms with van der Waals surface area (Å²) < 4.78 is 10.4. The van der Waals surface area contributed by atoms with Crippen molar-refractivity contribution >= 4 is 23.5 Å². The van der Waals surface area contributed by atoms with Crippen LogP contribution in [0.15, 0.2) is 47.1 Å². The number of carbonyl (C=O) groups excluding carboxylic acids is 3. The molecule has 140 valence electrons. The van der Waals surface area contributed by atoms with Crippen molar-refractivity contribution in [2.24, 2.45) is 11.8 Å². The van der Waals surface area contributed by atoms with Gasteiger partial charge in [0, 0.05) is 0 Å². The van der Waals surface area contributed by atoms with E-state index in [-0.39, 0.29) is 5.91 Å². The van der Waals surface area contributed by atoms with Crippen molar-refractivity contribution in [3.8, 4) is 0 Å². The Morgan fingerprint density at radius 2 is 1.89 bits per heavy atom. The molecule has 2 aromatic rings. The Kier molecular flexibility index (Phi) is 3.92. The van der Waals surface area contributed by atoms with E-state index in [0.717, 1.165) is 5.56 Å². The predicted molar refractivity (Wildman–Crippen MR) is 95.7 cm³/mol. The second kappa shape index (κ2) is 6.06. The van der Waals surface area contributed by atoms with Crippen LogP contribution in [0.1, 0.15) is 24.3 Å². The van der Waals surface area contributed by atoms with Gasteiger partial charge in [0.1, 0.15) is 11.3 Å². The fraction of sp³-hybridized carbons (Fsp3) is 0.350. The lowest BCUT2D eigenvalue weighted by Crippen LogP contribution is -2.54. The minimum atomic E-state index is -1.33. The highest BCUT2D eigenvalue weighted by molar-refractivity contribution is 6.24. The van der Waals surface area contributed by atoms with E-state index in [1.54, 1.807) is 31.2 Å². The van der Waals surface area contributed by atoms with E-state index in [4.69, 9.17) is 9.15 Å². The van der Waals surface area contributed by atoms with Crippen molar-refractivity contribution < 1.29 is 23.5 Å². The number of anilines is 1. The summed E-state index contributed by atoms with van der Waals surface area (Å²) >= 11 is 0. The number of esters is 1. The van der Waals surface area contributed by atoms with Crippen LogP contribution in [0.2, 0.25) is 0 Å². The zero-order chi connectivity index (χ0) is 19.3. The van der Waals surface area contributed by atoms with Gasteiger partial charge in [-0.1, -0.05) is 17.7 Å². The number of benzene rings is 1. The molecule has 0 unspecified atom stereocenters. The number of hydrogen-bond donors (Lipinski definition) is 1. The quantitative estimate of drug-likeness (QED) is 0.658. The third-order valence-corrected chi connectivity index (χ3v) is 5.54. The van der Waals surface area contributed by atoms with Gasteiger partial charge < -0.3 is 9.15 Å². The largest absolute Gasteiger partial charge is 0.468 e. The molecule has 0 aliphatic carbocycles. The van der Waals surface area contributed by atoms with Crippen molar-refractivity contribution in [1.82, 2.24) is 5.32 Å². The van der Waals surface area contributed by atoms with E-state index >= 15 is 0 Å². The maximum absolute atomic E-state index is 13.3. The summed E-state index contributed by atoms with van der Waals surface area (Å²) in [6, 6.07) is 9.98. The monoisotopic (exact) mass is 368 g/mol. The lowest BCUT2D eigenvalue weighted by atomic mass is 9.81. The summed E-state index contributed by atoms with van der Waals surface area (Å²) in [5.74, 6) is -2.48. The van der Waals surface area contributed by atoms with Crippen molar-refractivity contribution in [1.29, 1.82) is 0 Å². The minimum absolute atomic E-state index is 0.351. The average molecular weight is 368 g/mol. The van der Waals surface area contributed by atoms with Crippen LogP contribution in [-0.2, 0) is 19.1 Å². The van der Waals surface area contributed by atoms with Crippen molar-refractivity contribution in [3.05, 3.63) is 54.0 Å². The van der Waals surface area contributed by atoms with Gasteiger partial charge in [0.25, 0.3) is 0 Å². The van der Waals surface area contributed by atoms with Gasteiger partial charge in [-0.3, -0.25) is 19.7 Å². The Morgan fingerprint density at radius 3 is 2.48 bits per heavy atom. The van der Waals surface area contributed by atoms with E-state index in [0.29, 0.717) is 11.4 Å². The van der Waals surface area contributed by atoms with Crippen LogP contribution in [0.25, 0.3) is 0 Å². The molecular weight excluding hydrogens is 348 g/mol. The van der Waals surface area contributed by atoms with E-state index in [9.17, 15) is 14.4 Å². The molecule has 27 heavy (non-hydrogen) atoms. The molecule has 2 fully saturated rings. The second-order valence-corrected chi connectivity index (χ2v) is 7.18. The molecule has 0 saturated carbocycles. The molecule has 3 heterocycles. The molecule has 2 saturated heterocycles. The zero-order valence-electron chi connectivity index (χ0n) is 15.3. The van der Waals surface area contributed by atoms with E-state index in [1.165, 1.54) is 18.3 Å². The topological polar surface area (TPSA) is 88.8 Å². The van der Waals surface area contributed by atoms with Gasteiger partial charge in [-0.05, 0) is 38.1 Å². The minimum Gasteiger partial charge on any atom is -0.468 e. The van der Waals surface area contributed by atoms with Crippen LogP contribution < -0.4 is 10.2 Å². The van der Waals surface area contributed by atoms with Crippen LogP contribution in [0.4, 0.5) is 5.69 Å². The van der Waals surface area contributed by atoms with Crippen molar-refractivity contribution in [3.63, 3.8) is 0 Å². The van der Waals surface area contributed by atoms with Gasteiger partial charge >= 0.3 is 5.97 Å². The second-order valence-electron chi connectivity index (χ2n) is 7.18. The average Bonchev–Trinajstić information content (AvgIpc) is 3.34. The molecule has 2 amide bonds. The number of aryl methyl sites for hydroxylation is 1. The number of amides is 2. The Bertz CT molecular complexity index is 905. The molecule has 0 spiro atoms. The Morgan fingerprint density at radius 1 is 1.19 bits per heavy atom. The van der Waals surface area contributed by atoms with Crippen LogP contribution in [0, 0.1) is 18.8 Å². The van der Waals surface area contributed by atoms with Gasteiger partial charge in [0.05, 0.1) is 36.9 Å². The van der Waals surface area contributed by atoms with Gasteiger partial charge in [-0.2, -0.15) is 0 Å². The Labute approximate surface area is 156 Å². The molecule has 1 aromatic carbocycles. The molecule has 1 aromatic heterocycles. The first-order valence-corrected chi connectivity index (χ1v) is 8.72. The van der Waals surface area contributed by atoms with Crippen molar-refractivity contribution in [2.45, 2.75) is 25.4 Å². The first kappa shape index (κ1) is 17.5. The molecule has 4 atom stereocenters. The standard InChI is InChI=1S/C20H20N2O5/c1-11-6-8-12(9-7-11)22-17(23)14-15(18(22)24)20(2,19(25)26-3)21-16(14)13-5-4-10-27-13/h4-10,14-16,21H,1-3H3/t14-,15+,16-,20-/m1/s1. The lowest BCUT2D eigenvalue weighted by molar-refractivity contribution is -0.151. The zero-order valence-corrected chi connectivity index (χ0v) is 15.3. The molecule has 1 N–H and O–H groups in total. The fourth-order valence-electron chi connectivity index (χ4n) is 4.20.